The van der Waals surface area contributed by atoms with Gasteiger partial charge in [0.25, 0.3) is 0 Å². The quantitative estimate of drug-likeness (QED) is 0.852. The van der Waals surface area contributed by atoms with Crippen LogP contribution in [0.3, 0.4) is 0 Å². The lowest BCUT2D eigenvalue weighted by atomic mass is 9.87. The van der Waals surface area contributed by atoms with E-state index in [1.54, 1.807) is 31.4 Å². The third-order valence-corrected chi connectivity index (χ3v) is 6.99. The molecule has 2 fully saturated rings. The van der Waals surface area contributed by atoms with Crippen LogP contribution in [0.2, 0.25) is 0 Å². The molecule has 144 valence electrons. The minimum atomic E-state index is -3.55. The van der Waals surface area contributed by atoms with E-state index in [4.69, 9.17) is 4.74 Å². The number of likely N-dealkylation sites (tertiary alicyclic amines) is 1. The lowest BCUT2D eigenvalue weighted by Crippen LogP contribution is -2.48. The Balaban J connectivity index is 1.53. The van der Waals surface area contributed by atoms with Crippen LogP contribution in [0.4, 0.5) is 0 Å². The molecule has 3 rings (SSSR count). The Morgan fingerprint density at radius 1 is 1.04 bits per heavy atom. The first kappa shape index (κ1) is 19.2. The van der Waals surface area contributed by atoms with Gasteiger partial charge in [0.15, 0.2) is 0 Å². The molecule has 7 heteroatoms. The number of amides is 1. The molecule has 1 aromatic rings. The van der Waals surface area contributed by atoms with Crippen LogP contribution < -0.4 is 9.46 Å². The minimum absolute atomic E-state index is 0.127. The first-order chi connectivity index (χ1) is 12.5. The molecule has 1 saturated heterocycles. The highest BCUT2D eigenvalue weighted by Gasteiger charge is 2.30. The van der Waals surface area contributed by atoms with Gasteiger partial charge < -0.3 is 9.64 Å². The zero-order valence-electron chi connectivity index (χ0n) is 15.3. The lowest BCUT2D eigenvalue weighted by Gasteiger charge is -2.35. The van der Waals surface area contributed by atoms with Gasteiger partial charge in [-0.15, -0.1) is 0 Å². The fourth-order valence-corrected chi connectivity index (χ4v) is 5.17. The van der Waals surface area contributed by atoms with Gasteiger partial charge in [0, 0.05) is 25.0 Å². The second kappa shape index (κ2) is 8.39. The summed E-state index contributed by atoms with van der Waals surface area (Å²) in [6.45, 7) is 1.26. The molecule has 0 bridgehead atoms. The van der Waals surface area contributed by atoms with E-state index in [0.717, 1.165) is 25.7 Å². The Morgan fingerprint density at radius 3 is 2.23 bits per heavy atom. The summed E-state index contributed by atoms with van der Waals surface area (Å²) in [5, 5.41) is 0. The van der Waals surface area contributed by atoms with E-state index in [1.165, 1.54) is 6.42 Å². The van der Waals surface area contributed by atoms with Crippen molar-refractivity contribution < 1.29 is 17.9 Å². The molecule has 1 aliphatic carbocycles. The third kappa shape index (κ3) is 4.57. The van der Waals surface area contributed by atoms with E-state index < -0.39 is 10.0 Å². The number of carbonyl (C=O) groups excluding carboxylic acids is 1. The van der Waals surface area contributed by atoms with Crippen LogP contribution in [0, 0.1) is 5.92 Å². The van der Waals surface area contributed by atoms with Crippen molar-refractivity contribution in [2.45, 2.75) is 55.9 Å². The number of piperidine rings is 1. The first-order valence-electron chi connectivity index (χ1n) is 9.45. The Morgan fingerprint density at radius 2 is 1.65 bits per heavy atom. The second-order valence-corrected chi connectivity index (χ2v) is 8.95. The molecule has 1 N–H and O–H groups in total. The van der Waals surface area contributed by atoms with Crippen LogP contribution in [0.25, 0.3) is 0 Å². The number of nitrogens with zero attached hydrogens (tertiary/aromatic N) is 1. The minimum Gasteiger partial charge on any atom is -0.497 e. The molecule has 6 nitrogen and oxygen atoms in total. The third-order valence-electron chi connectivity index (χ3n) is 5.45. The zero-order valence-corrected chi connectivity index (χ0v) is 16.1. The average Bonchev–Trinajstić information content (AvgIpc) is 2.68. The summed E-state index contributed by atoms with van der Waals surface area (Å²) in [7, 11) is -2.01. The number of benzene rings is 1. The zero-order chi connectivity index (χ0) is 18.6. The van der Waals surface area contributed by atoms with Gasteiger partial charge in [0.05, 0.1) is 12.0 Å². The van der Waals surface area contributed by atoms with Gasteiger partial charge in [0.1, 0.15) is 5.75 Å². The highest BCUT2D eigenvalue weighted by molar-refractivity contribution is 7.89. The molecule has 2 aliphatic rings. The van der Waals surface area contributed by atoms with Crippen molar-refractivity contribution >= 4 is 15.9 Å². The number of hydrogen-bond donors (Lipinski definition) is 1. The van der Waals surface area contributed by atoms with Gasteiger partial charge in [-0.2, -0.15) is 0 Å². The second-order valence-electron chi connectivity index (χ2n) is 7.23. The van der Waals surface area contributed by atoms with Gasteiger partial charge >= 0.3 is 0 Å². The molecule has 0 atom stereocenters. The molecule has 1 aliphatic heterocycles. The summed E-state index contributed by atoms with van der Waals surface area (Å²) in [6.07, 6.45) is 6.86. The van der Waals surface area contributed by atoms with Gasteiger partial charge in [-0.3, -0.25) is 4.79 Å². The summed E-state index contributed by atoms with van der Waals surface area (Å²) in [6, 6.07) is 6.24. The van der Waals surface area contributed by atoms with E-state index in [1.807, 2.05) is 4.90 Å². The molecule has 0 radical (unpaired) electrons. The summed E-state index contributed by atoms with van der Waals surface area (Å²) in [5.41, 5.74) is 0. The van der Waals surface area contributed by atoms with Crippen molar-refractivity contribution in [3.8, 4) is 5.75 Å². The molecule has 1 heterocycles. The van der Waals surface area contributed by atoms with Crippen molar-refractivity contribution in [2.24, 2.45) is 5.92 Å². The highest BCUT2D eigenvalue weighted by atomic mass is 32.2. The fraction of sp³-hybridized carbons (Fsp3) is 0.632. The summed E-state index contributed by atoms with van der Waals surface area (Å²) >= 11 is 0. The number of ether oxygens (including phenoxy) is 1. The molecule has 0 spiro atoms. The van der Waals surface area contributed by atoms with Crippen LogP contribution in [0.1, 0.15) is 44.9 Å². The number of hydrogen-bond acceptors (Lipinski definition) is 4. The predicted molar refractivity (Wildman–Crippen MR) is 99.5 cm³/mol. The molecule has 0 aromatic heterocycles. The Bertz CT molecular complexity index is 704. The van der Waals surface area contributed by atoms with Gasteiger partial charge in [-0.25, -0.2) is 13.1 Å². The summed E-state index contributed by atoms with van der Waals surface area (Å²) in [4.78, 5) is 14.8. The van der Waals surface area contributed by atoms with E-state index in [0.29, 0.717) is 31.7 Å². The molecular formula is C19H28N2O4S. The Labute approximate surface area is 156 Å². The van der Waals surface area contributed by atoms with E-state index in [2.05, 4.69) is 4.72 Å². The van der Waals surface area contributed by atoms with Gasteiger partial charge in [0.2, 0.25) is 15.9 Å². The molecule has 1 amide bonds. The number of sulfonamides is 1. The van der Waals surface area contributed by atoms with Crippen molar-refractivity contribution in [3.63, 3.8) is 0 Å². The van der Waals surface area contributed by atoms with Crippen molar-refractivity contribution in [1.82, 2.24) is 9.62 Å². The number of carbonyl (C=O) groups is 1. The number of nitrogens with one attached hydrogen (secondary N) is 1. The topological polar surface area (TPSA) is 75.7 Å². The van der Waals surface area contributed by atoms with Crippen molar-refractivity contribution in [3.05, 3.63) is 24.3 Å². The molecule has 1 aromatic carbocycles. The van der Waals surface area contributed by atoms with Crippen LogP contribution >= 0.6 is 0 Å². The SMILES string of the molecule is COc1ccc(S(=O)(=O)NC2CCN(C(=O)C3CCCCC3)CC2)cc1. The standard InChI is InChI=1S/C19H28N2O4S/c1-25-17-7-9-18(10-8-17)26(23,24)20-16-11-13-21(14-12-16)19(22)15-5-3-2-4-6-15/h7-10,15-16,20H,2-6,11-14H2,1H3. The molecule has 26 heavy (non-hydrogen) atoms. The van der Waals surface area contributed by atoms with Gasteiger partial charge in [-0.1, -0.05) is 19.3 Å². The van der Waals surface area contributed by atoms with Crippen LogP contribution in [0.5, 0.6) is 5.75 Å². The summed E-state index contributed by atoms with van der Waals surface area (Å²) < 4.78 is 32.9. The average molecular weight is 381 g/mol. The fourth-order valence-electron chi connectivity index (χ4n) is 3.87. The molecule has 1 saturated carbocycles. The largest absolute Gasteiger partial charge is 0.497 e. The van der Waals surface area contributed by atoms with Crippen molar-refractivity contribution in [1.29, 1.82) is 0 Å². The number of rotatable bonds is 5. The highest BCUT2D eigenvalue weighted by Crippen LogP contribution is 2.27. The smallest absolute Gasteiger partial charge is 0.240 e. The van der Waals surface area contributed by atoms with Crippen LogP contribution in [-0.4, -0.2) is 45.5 Å². The Hall–Kier alpha value is -1.60. The van der Waals surface area contributed by atoms with Gasteiger partial charge in [-0.05, 0) is 49.9 Å². The maximum Gasteiger partial charge on any atom is 0.240 e. The molecular weight excluding hydrogens is 352 g/mol. The maximum absolute atomic E-state index is 12.6. The predicted octanol–water partition coefficient (Wildman–Crippen LogP) is 2.54. The number of methoxy groups -OCH3 is 1. The van der Waals surface area contributed by atoms with E-state index >= 15 is 0 Å². The van der Waals surface area contributed by atoms with Crippen molar-refractivity contribution in [2.75, 3.05) is 20.2 Å². The van der Waals surface area contributed by atoms with Crippen LogP contribution in [0.15, 0.2) is 29.2 Å². The first-order valence-corrected chi connectivity index (χ1v) is 10.9. The normalized spacial score (nSPS) is 20.1. The summed E-state index contributed by atoms with van der Waals surface area (Å²) in [5.74, 6) is 1.07. The van der Waals surface area contributed by atoms with Crippen LogP contribution in [-0.2, 0) is 14.8 Å². The maximum atomic E-state index is 12.6. The van der Waals surface area contributed by atoms with E-state index in [-0.39, 0.29) is 22.8 Å². The van der Waals surface area contributed by atoms with E-state index in [9.17, 15) is 13.2 Å². The Kier molecular flexibility index (Phi) is 6.19. The monoisotopic (exact) mass is 380 g/mol. The lowest BCUT2D eigenvalue weighted by molar-refractivity contribution is -0.137. The molecule has 0 unspecified atom stereocenters.